The van der Waals surface area contributed by atoms with Crippen LogP contribution in [-0.4, -0.2) is 24.8 Å². The zero-order valence-electron chi connectivity index (χ0n) is 11.7. The maximum absolute atomic E-state index is 6.13. The second-order valence-corrected chi connectivity index (χ2v) is 5.71. The predicted molar refractivity (Wildman–Crippen MR) is 84.6 cm³/mol. The van der Waals surface area contributed by atoms with Crippen molar-refractivity contribution in [2.24, 2.45) is 4.99 Å². The van der Waals surface area contributed by atoms with Crippen molar-refractivity contribution in [3.8, 4) is 0 Å². The third-order valence-corrected chi connectivity index (χ3v) is 3.89. The van der Waals surface area contributed by atoms with Gasteiger partial charge in [0, 0.05) is 25.5 Å². The van der Waals surface area contributed by atoms with Crippen molar-refractivity contribution in [2.75, 3.05) is 14.1 Å². The van der Waals surface area contributed by atoms with Gasteiger partial charge >= 0.3 is 0 Å². The molecule has 102 valence electrons. The number of hydrogen-bond acceptors (Lipinski definition) is 2. The molecule has 3 rings (SSSR count). The lowest BCUT2D eigenvalue weighted by Crippen LogP contribution is -2.28. The van der Waals surface area contributed by atoms with Gasteiger partial charge < -0.3 is 4.90 Å². The second-order valence-electron chi connectivity index (χ2n) is 5.27. The molecule has 0 radical (unpaired) electrons. The van der Waals surface area contributed by atoms with Crippen LogP contribution in [0.5, 0.6) is 0 Å². The molecule has 2 aromatic rings. The zero-order chi connectivity index (χ0) is 14.1. The van der Waals surface area contributed by atoms with Gasteiger partial charge in [0.2, 0.25) is 0 Å². The normalized spacial score (nSPS) is 17.4. The van der Waals surface area contributed by atoms with Crippen molar-refractivity contribution in [3.63, 3.8) is 0 Å². The standard InChI is InChI=1S/C17H17ClN2/c1-20(2)16-11-12-6-3-4-9-15(12)17(19-16)13-7-5-8-14(18)10-13/h3-10,17H,11H2,1-2H3. The second kappa shape index (κ2) is 5.29. The first-order chi connectivity index (χ1) is 9.65. The lowest BCUT2D eigenvalue weighted by Gasteiger charge is -2.27. The SMILES string of the molecule is CN(C)C1=NC(c2cccc(Cl)c2)c2ccccc2C1. The average molecular weight is 285 g/mol. The van der Waals surface area contributed by atoms with E-state index in [1.54, 1.807) is 0 Å². The molecule has 2 nitrogen and oxygen atoms in total. The maximum Gasteiger partial charge on any atom is 0.104 e. The summed E-state index contributed by atoms with van der Waals surface area (Å²) >= 11 is 6.13. The Balaban J connectivity index is 2.12. The Bertz CT molecular complexity index is 662. The fraction of sp³-hybridized carbons (Fsp3) is 0.235. The summed E-state index contributed by atoms with van der Waals surface area (Å²) in [5, 5.41) is 0.757. The molecule has 20 heavy (non-hydrogen) atoms. The van der Waals surface area contributed by atoms with E-state index in [2.05, 4.69) is 35.2 Å². The van der Waals surface area contributed by atoms with E-state index in [-0.39, 0.29) is 6.04 Å². The first kappa shape index (κ1) is 13.2. The van der Waals surface area contributed by atoms with Gasteiger partial charge in [-0.1, -0.05) is 48.0 Å². The number of benzene rings is 2. The topological polar surface area (TPSA) is 15.6 Å². The molecule has 0 aliphatic carbocycles. The maximum atomic E-state index is 6.13. The van der Waals surface area contributed by atoms with Crippen molar-refractivity contribution in [1.82, 2.24) is 4.90 Å². The van der Waals surface area contributed by atoms with E-state index in [0.717, 1.165) is 22.8 Å². The lowest BCUT2D eigenvalue weighted by molar-refractivity contribution is 0.592. The fourth-order valence-corrected chi connectivity index (χ4v) is 2.80. The number of aliphatic imine (C=N–C) groups is 1. The Labute approximate surface area is 124 Å². The number of nitrogens with zero attached hydrogens (tertiary/aromatic N) is 2. The minimum Gasteiger partial charge on any atom is -0.366 e. The van der Waals surface area contributed by atoms with Gasteiger partial charge in [-0.15, -0.1) is 0 Å². The minimum absolute atomic E-state index is 0.0380. The van der Waals surface area contributed by atoms with Gasteiger partial charge in [0.05, 0.1) is 0 Å². The molecule has 0 bridgehead atoms. The Morgan fingerprint density at radius 2 is 1.90 bits per heavy atom. The van der Waals surface area contributed by atoms with E-state index in [9.17, 15) is 0 Å². The highest BCUT2D eigenvalue weighted by Crippen LogP contribution is 2.34. The molecule has 0 fully saturated rings. The van der Waals surface area contributed by atoms with Crippen LogP contribution >= 0.6 is 11.6 Å². The lowest BCUT2D eigenvalue weighted by atomic mass is 9.90. The van der Waals surface area contributed by atoms with Crippen molar-refractivity contribution in [3.05, 3.63) is 70.2 Å². The van der Waals surface area contributed by atoms with E-state index >= 15 is 0 Å². The van der Waals surface area contributed by atoms with Crippen LogP contribution in [0.4, 0.5) is 0 Å². The average Bonchev–Trinajstić information content (AvgIpc) is 2.46. The molecule has 2 aromatic carbocycles. The van der Waals surface area contributed by atoms with E-state index in [4.69, 9.17) is 16.6 Å². The monoisotopic (exact) mass is 284 g/mol. The summed E-state index contributed by atoms with van der Waals surface area (Å²) in [6.45, 7) is 0. The summed E-state index contributed by atoms with van der Waals surface area (Å²) in [5.41, 5.74) is 3.76. The largest absolute Gasteiger partial charge is 0.366 e. The summed E-state index contributed by atoms with van der Waals surface area (Å²) in [6.07, 6.45) is 0.889. The molecular weight excluding hydrogens is 268 g/mol. The molecule has 0 aromatic heterocycles. The first-order valence-electron chi connectivity index (χ1n) is 6.72. The van der Waals surface area contributed by atoms with E-state index < -0.39 is 0 Å². The molecule has 1 unspecified atom stereocenters. The molecule has 0 saturated heterocycles. The number of halogens is 1. The number of hydrogen-bond donors (Lipinski definition) is 0. The van der Waals surface area contributed by atoms with Crippen LogP contribution in [0.15, 0.2) is 53.5 Å². The van der Waals surface area contributed by atoms with Crippen LogP contribution < -0.4 is 0 Å². The summed E-state index contributed by atoms with van der Waals surface area (Å²) in [5.74, 6) is 1.11. The molecule has 0 saturated carbocycles. The Morgan fingerprint density at radius 1 is 1.10 bits per heavy atom. The van der Waals surface area contributed by atoms with Gasteiger partial charge in [0.15, 0.2) is 0 Å². The molecule has 0 spiro atoms. The molecule has 1 heterocycles. The molecular formula is C17H17ClN2. The summed E-state index contributed by atoms with van der Waals surface area (Å²) in [4.78, 5) is 7.01. The highest BCUT2D eigenvalue weighted by Gasteiger charge is 2.23. The van der Waals surface area contributed by atoms with E-state index in [1.807, 2.05) is 32.3 Å². The molecule has 3 heteroatoms. The Kier molecular flexibility index (Phi) is 3.49. The molecule has 1 aliphatic rings. The van der Waals surface area contributed by atoms with Crippen molar-refractivity contribution in [1.29, 1.82) is 0 Å². The van der Waals surface area contributed by atoms with Crippen LogP contribution in [0.1, 0.15) is 22.7 Å². The molecule has 0 N–H and O–H groups in total. The third-order valence-electron chi connectivity index (χ3n) is 3.66. The van der Waals surface area contributed by atoms with Crippen LogP contribution in [-0.2, 0) is 6.42 Å². The minimum atomic E-state index is 0.0380. The van der Waals surface area contributed by atoms with Crippen molar-refractivity contribution >= 4 is 17.4 Å². The summed E-state index contributed by atoms with van der Waals surface area (Å²) < 4.78 is 0. The predicted octanol–water partition coefficient (Wildman–Crippen LogP) is 3.95. The zero-order valence-corrected chi connectivity index (χ0v) is 12.4. The van der Waals surface area contributed by atoms with Crippen molar-refractivity contribution in [2.45, 2.75) is 12.5 Å². The third kappa shape index (κ3) is 2.44. The summed E-state index contributed by atoms with van der Waals surface area (Å²) in [6, 6.07) is 16.5. The highest BCUT2D eigenvalue weighted by atomic mass is 35.5. The van der Waals surface area contributed by atoms with E-state index in [0.29, 0.717) is 0 Å². The number of rotatable bonds is 1. The van der Waals surface area contributed by atoms with Crippen LogP contribution in [0.3, 0.4) is 0 Å². The number of amidine groups is 1. The molecule has 0 amide bonds. The van der Waals surface area contributed by atoms with Gasteiger partial charge in [-0.3, -0.25) is 4.99 Å². The smallest absolute Gasteiger partial charge is 0.104 e. The van der Waals surface area contributed by atoms with Gasteiger partial charge in [0.25, 0.3) is 0 Å². The number of likely N-dealkylation sites (N-methyl/N-ethyl adjacent to an activating group) is 1. The van der Waals surface area contributed by atoms with E-state index in [1.165, 1.54) is 11.1 Å². The van der Waals surface area contributed by atoms with Gasteiger partial charge in [-0.2, -0.15) is 0 Å². The Hall–Kier alpha value is -1.80. The van der Waals surface area contributed by atoms with Crippen molar-refractivity contribution < 1.29 is 0 Å². The fourth-order valence-electron chi connectivity index (χ4n) is 2.60. The van der Waals surface area contributed by atoms with Crippen LogP contribution in [0.2, 0.25) is 5.02 Å². The number of fused-ring (bicyclic) bond motifs is 1. The Morgan fingerprint density at radius 3 is 2.65 bits per heavy atom. The summed E-state index contributed by atoms with van der Waals surface area (Å²) in [7, 11) is 4.09. The first-order valence-corrected chi connectivity index (χ1v) is 7.10. The van der Waals surface area contributed by atoms with Gasteiger partial charge in [-0.05, 0) is 28.8 Å². The quantitative estimate of drug-likeness (QED) is 0.774. The molecule has 1 atom stereocenters. The van der Waals surface area contributed by atoms with Crippen LogP contribution in [0, 0.1) is 0 Å². The molecule has 1 aliphatic heterocycles. The van der Waals surface area contributed by atoms with Gasteiger partial charge in [0.1, 0.15) is 11.9 Å². The highest BCUT2D eigenvalue weighted by molar-refractivity contribution is 6.30. The van der Waals surface area contributed by atoms with Gasteiger partial charge in [-0.25, -0.2) is 0 Å². The van der Waals surface area contributed by atoms with Crippen LogP contribution in [0.25, 0.3) is 0 Å².